The molecule has 0 saturated heterocycles. The summed E-state index contributed by atoms with van der Waals surface area (Å²) in [6, 6.07) is 6.41. The molecule has 1 aliphatic rings. The minimum absolute atomic E-state index is 0.399. The van der Waals surface area contributed by atoms with E-state index in [0.29, 0.717) is 5.41 Å². The molecule has 3 heteroatoms. The Morgan fingerprint density at radius 3 is 2.68 bits per heavy atom. The van der Waals surface area contributed by atoms with E-state index in [9.17, 15) is 0 Å². The lowest BCUT2D eigenvalue weighted by atomic mass is 9.69. The number of benzene rings is 1. The predicted octanol–water partition coefficient (Wildman–Crippen LogP) is 2.26. The van der Waals surface area contributed by atoms with E-state index in [0.717, 1.165) is 31.8 Å². The molecular formula is C16H26N2O. The summed E-state index contributed by atoms with van der Waals surface area (Å²) in [5, 5.41) is 3.56. The van der Waals surface area contributed by atoms with Crippen LogP contribution < -0.4 is 15.8 Å². The zero-order chi connectivity index (χ0) is 13.7. The van der Waals surface area contributed by atoms with Gasteiger partial charge in [-0.3, -0.25) is 0 Å². The van der Waals surface area contributed by atoms with Crippen molar-refractivity contribution in [3.8, 4) is 5.75 Å². The highest BCUT2D eigenvalue weighted by atomic mass is 16.5. The molecule has 0 unspecified atom stereocenters. The van der Waals surface area contributed by atoms with E-state index in [4.69, 9.17) is 10.5 Å². The van der Waals surface area contributed by atoms with Crippen LogP contribution in [0.1, 0.15) is 30.4 Å². The second-order valence-electron chi connectivity index (χ2n) is 5.79. The van der Waals surface area contributed by atoms with Crippen molar-refractivity contribution < 1.29 is 4.74 Å². The van der Waals surface area contributed by atoms with Gasteiger partial charge in [-0.05, 0) is 61.9 Å². The maximum atomic E-state index is 5.86. The topological polar surface area (TPSA) is 47.3 Å². The maximum absolute atomic E-state index is 5.86. The van der Waals surface area contributed by atoms with E-state index in [1.165, 1.54) is 30.4 Å². The van der Waals surface area contributed by atoms with Gasteiger partial charge in [0.1, 0.15) is 5.75 Å². The van der Waals surface area contributed by atoms with Crippen molar-refractivity contribution in [2.24, 2.45) is 11.1 Å². The molecule has 0 heterocycles. The Labute approximate surface area is 116 Å². The van der Waals surface area contributed by atoms with Gasteiger partial charge in [0.05, 0.1) is 7.11 Å². The zero-order valence-electron chi connectivity index (χ0n) is 12.2. The molecule has 0 bridgehead atoms. The van der Waals surface area contributed by atoms with Crippen molar-refractivity contribution in [1.29, 1.82) is 0 Å². The molecule has 106 valence electrons. The van der Waals surface area contributed by atoms with Gasteiger partial charge in [-0.1, -0.05) is 18.6 Å². The number of methoxy groups -OCH3 is 1. The fourth-order valence-corrected chi connectivity index (χ4v) is 2.81. The molecule has 1 aliphatic carbocycles. The van der Waals surface area contributed by atoms with Crippen LogP contribution in [0, 0.1) is 12.3 Å². The molecule has 1 aromatic carbocycles. The van der Waals surface area contributed by atoms with E-state index < -0.39 is 0 Å². The van der Waals surface area contributed by atoms with Crippen molar-refractivity contribution in [1.82, 2.24) is 5.32 Å². The van der Waals surface area contributed by atoms with Crippen LogP contribution in [0.2, 0.25) is 0 Å². The molecule has 19 heavy (non-hydrogen) atoms. The van der Waals surface area contributed by atoms with Crippen LogP contribution in [0.25, 0.3) is 0 Å². The summed E-state index contributed by atoms with van der Waals surface area (Å²) in [7, 11) is 1.72. The van der Waals surface area contributed by atoms with Gasteiger partial charge in [0.2, 0.25) is 0 Å². The third kappa shape index (κ3) is 3.48. The molecule has 0 amide bonds. The fourth-order valence-electron chi connectivity index (χ4n) is 2.81. The fraction of sp³-hybridized carbons (Fsp3) is 0.625. The Hall–Kier alpha value is -1.06. The molecule has 3 N–H and O–H groups in total. The highest BCUT2D eigenvalue weighted by Crippen LogP contribution is 2.39. The second kappa shape index (κ2) is 6.40. The molecule has 1 saturated carbocycles. The Bertz CT molecular complexity index is 408. The molecule has 3 nitrogen and oxygen atoms in total. The lowest BCUT2D eigenvalue weighted by Gasteiger charge is -2.41. The zero-order valence-corrected chi connectivity index (χ0v) is 12.2. The predicted molar refractivity (Wildman–Crippen MR) is 79.6 cm³/mol. The number of hydrogen-bond acceptors (Lipinski definition) is 3. The van der Waals surface area contributed by atoms with Crippen LogP contribution >= 0.6 is 0 Å². The number of aryl methyl sites for hydroxylation is 1. The van der Waals surface area contributed by atoms with Crippen molar-refractivity contribution in [3.63, 3.8) is 0 Å². The largest absolute Gasteiger partial charge is 0.496 e. The number of hydrogen-bond donors (Lipinski definition) is 2. The molecule has 0 spiro atoms. The average Bonchev–Trinajstić information content (AvgIpc) is 2.37. The summed E-state index contributed by atoms with van der Waals surface area (Å²) in [6.07, 6.45) is 4.98. The van der Waals surface area contributed by atoms with E-state index in [1.807, 2.05) is 0 Å². The number of nitrogens with one attached hydrogen (secondary N) is 1. The first kappa shape index (κ1) is 14.4. The van der Waals surface area contributed by atoms with Crippen molar-refractivity contribution in [2.75, 3.05) is 26.7 Å². The molecule has 0 atom stereocenters. The second-order valence-corrected chi connectivity index (χ2v) is 5.79. The first-order valence-corrected chi connectivity index (χ1v) is 7.23. The molecule has 0 radical (unpaired) electrons. The molecular weight excluding hydrogens is 236 g/mol. The third-order valence-electron chi connectivity index (χ3n) is 4.40. The summed E-state index contributed by atoms with van der Waals surface area (Å²) in [5.41, 5.74) is 8.83. The van der Waals surface area contributed by atoms with Crippen LogP contribution in [0.5, 0.6) is 5.75 Å². The molecule has 0 aliphatic heterocycles. The van der Waals surface area contributed by atoms with Crippen LogP contribution in [0.15, 0.2) is 18.2 Å². The van der Waals surface area contributed by atoms with Crippen LogP contribution in [-0.2, 0) is 6.42 Å². The van der Waals surface area contributed by atoms with Gasteiger partial charge >= 0.3 is 0 Å². The van der Waals surface area contributed by atoms with Gasteiger partial charge in [-0.15, -0.1) is 0 Å². The van der Waals surface area contributed by atoms with Crippen LogP contribution in [0.3, 0.4) is 0 Å². The van der Waals surface area contributed by atoms with Gasteiger partial charge in [0, 0.05) is 6.54 Å². The SMILES string of the molecule is COc1ccc(CCNCC2(CN)CCC2)cc1C. The van der Waals surface area contributed by atoms with Gasteiger partial charge in [-0.2, -0.15) is 0 Å². The lowest BCUT2D eigenvalue weighted by Crippen LogP contribution is -2.45. The molecule has 1 aromatic rings. The first-order chi connectivity index (χ1) is 9.19. The van der Waals surface area contributed by atoms with E-state index in [1.54, 1.807) is 7.11 Å². The van der Waals surface area contributed by atoms with Crippen molar-refractivity contribution >= 4 is 0 Å². The van der Waals surface area contributed by atoms with E-state index in [2.05, 4.69) is 30.4 Å². The van der Waals surface area contributed by atoms with Gasteiger partial charge in [0.15, 0.2) is 0 Å². The van der Waals surface area contributed by atoms with E-state index in [-0.39, 0.29) is 0 Å². The first-order valence-electron chi connectivity index (χ1n) is 7.23. The lowest BCUT2D eigenvalue weighted by molar-refractivity contribution is 0.141. The van der Waals surface area contributed by atoms with Gasteiger partial charge in [0.25, 0.3) is 0 Å². The number of nitrogens with two attached hydrogens (primary N) is 1. The summed E-state index contributed by atoms with van der Waals surface area (Å²) < 4.78 is 5.28. The third-order valence-corrected chi connectivity index (χ3v) is 4.40. The monoisotopic (exact) mass is 262 g/mol. The van der Waals surface area contributed by atoms with Crippen LogP contribution in [-0.4, -0.2) is 26.7 Å². The quantitative estimate of drug-likeness (QED) is 0.741. The number of rotatable bonds is 7. The maximum Gasteiger partial charge on any atom is 0.121 e. The highest BCUT2D eigenvalue weighted by molar-refractivity contribution is 5.36. The smallest absolute Gasteiger partial charge is 0.121 e. The molecule has 2 rings (SSSR count). The minimum Gasteiger partial charge on any atom is -0.496 e. The minimum atomic E-state index is 0.399. The van der Waals surface area contributed by atoms with Gasteiger partial charge in [-0.25, -0.2) is 0 Å². The molecule has 0 aromatic heterocycles. The Morgan fingerprint density at radius 1 is 1.37 bits per heavy atom. The summed E-state index contributed by atoms with van der Waals surface area (Å²) in [5.74, 6) is 0.966. The van der Waals surface area contributed by atoms with Crippen molar-refractivity contribution in [3.05, 3.63) is 29.3 Å². The van der Waals surface area contributed by atoms with Crippen molar-refractivity contribution in [2.45, 2.75) is 32.6 Å². The summed E-state index contributed by atoms with van der Waals surface area (Å²) in [4.78, 5) is 0. The Kier molecular flexibility index (Phi) is 4.83. The average molecular weight is 262 g/mol. The Morgan fingerprint density at radius 2 is 2.16 bits per heavy atom. The summed E-state index contributed by atoms with van der Waals surface area (Å²) in [6.45, 7) is 5.00. The van der Waals surface area contributed by atoms with E-state index >= 15 is 0 Å². The van der Waals surface area contributed by atoms with Crippen LogP contribution in [0.4, 0.5) is 0 Å². The highest BCUT2D eigenvalue weighted by Gasteiger charge is 2.34. The number of ether oxygens (including phenoxy) is 1. The van der Waals surface area contributed by atoms with Gasteiger partial charge < -0.3 is 15.8 Å². The normalized spacial score (nSPS) is 17.0. The summed E-state index contributed by atoms with van der Waals surface area (Å²) >= 11 is 0. The molecule has 1 fully saturated rings. The Balaban J connectivity index is 1.75. The standard InChI is InChI=1S/C16H26N2O/c1-13-10-14(4-5-15(13)19-2)6-9-18-12-16(11-17)7-3-8-16/h4-5,10,18H,3,6-9,11-12,17H2,1-2H3.